The number of hydrogen-bond donors (Lipinski definition) is 4. The van der Waals surface area contributed by atoms with E-state index in [1.54, 1.807) is 18.2 Å². The summed E-state index contributed by atoms with van der Waals surface area (Å²) in [5.41, 5.74) is 11.9. The highest BCUT2D eigenvalue weighted by Crippen LogP contribution is 2.27. The monoisotopic (exact) mass is 340 g/mol. The summed E-state index contributed by atoms with van der Waals surface area (Å²) < 4.78 is 6.47. The van der Waals surface area contributed by atoms with Crippen LogP contribution in [0.5, 0.6) is 0 Å². The summed E-state index contributed by atoms with van der Waals surface area (Å²) in [6.45, 7) is 0.890. The molecule has 1 aromatic rings. The predicted molar refractivity (Wildman–Crippen MR) is 83.9 cm³/mol. The Hall–Kier alpha value is -1.90. The lowest BCUT2D eigenvalue weighted by Gasteiger charge is -2.23. The van der Waals surface area contributed by atoms with Gasteiger partial charge in [-0.1, -0.05) is 24.3 Å². The van der Waals surface area contributed by atoms with Crippen molar-refractivity contribution in [2.24, 2.45) is 11.5 Å². The quantitative estimate of drug-likeness (QED) is 0.590. The first-order valence-corrected chi connectivity index (χ1v) is 6.95. The highest BCUT2D eigenvalue weighted by Gasteiger charge is 2.36. The van der Waals surface area contributed by atoms with Gasteiger partial charge in [0.2, 0.25) is 0 Å². The highest BCUT2D eigenvalue weighted by atomic mass is 35.5. The van der Waals surface area contributed by atoms with E-state index in [-0.39, 0.29) is 22.5 Å². The minimum atomic E-state index is -1.32. The SMILES string of the molecule is CC1=C(C(N)C(=O)[C@@H](N)CO)C(=O)c2ccccc2C1=O.OCl. The Morgan fingerprint density at radius 1 is 1.13 bits per heavy atom. The van der Waals surface area contributed by atoms with Crippen LogP contribution in [0.1, 0.15) is 27.6 Å². The van der Waals surface area contributed by atoms with E-state index in [1.807, 2.05) is 0 Å². The molecular weight excluding hydrogens is 324 g/mol. The molecule has 2 atom stereocenters. The molecule has 0 bridgehead atoms. The molecule has 1 aromatic carbocycles. The summed E-state index contributed by atoms with van der Waals surface area (Å²) in [5, 5.41) is 8.92. The molecular formula is C15H17ClN2O5. The van der Waals surface area contributed by atoms with Crippen molar-refractivity contribution in [3.8, 4) is 0 Å². The van der Waals surface area contributed by atoms with Crippen LogP contribution in [0.15, 0.2) is 35.4 Å². The van der Waals surface area contributed by atoms with Crippen molar-refractivity contribution >= 4 is 29.2 Å². The van der Waals surface area contributed by atoms with Gasteiger partial charge in [-0.05, 0) is 6.92 Å². The van der Waals surface area contributed by atoms with Gasteiger partial charge in [0, 0.05) is 22.3 Å². The standard InChI is InChI=1S/C15H16N2O4.ClHO/c1-7-11(12(17)15(21)10(16)6-18)14(20)9-5-3-2-4-8(9)13(7)19;1-2/h2-5,10,12,18H,6,16-17H2,1H3;2H/t10-,12?;/m0./s1. The molecule has 0 heterocycles. The third-order valence-electron chi connectivity index (χ3n) is 3.59. The summed E-state index contributed by atoms with van der Waals surface area (Å²) in [6.07, 6.45) is 0. The molecule has 1 aliphatic carbocycles. The van der Waals surface area contributed by atoms with Gasteiger partial charge >= 0.3 is 0 Å². The molecule has 0 saturated heterocycles. The first-order chi connectivity index (χ1) is 10.9. The lowest BCUT2D eigenvalue weighted by Crippen LogP contribution is -2.48. The van der Waals surface area contributed by atoms with E-state index in [1.165, 1.54) is 13.0 Å². The fourth-order valence-electron chi connectivity index (χ4n) is 2.36. The van der Waals surface area contributed by atoms with Crippen molar-refractivity contribution < 1.29 is 24.1 Å². The maximum atomic E-state index is 12.5. The Bertz CT molecular complexity index is 672. The molecule has 0 fully saturated rings. The smallest absolute Gasteiger partial charge is 0.192 e. The number of aliphatic hydroxyl groups is 1. The molecule has 0 amide bonds. The summed E-state index contributed by atoms with van der Waals surface area (Å²) >= 11 is 3.64. The number of carbonyl (C=O) groups excluding carboxylic acids is 3. The van der Waals surface area contributed by atoms with Crippen LogP contribution in [0.25, 0.3) is 0 Å². The van der Waals surface area contributed by atoms with Gasteiger partial charge < -0.3 is 16.6 Å². The van der Waals surface area contributed by atoms with Crippen molar-refractivity contribution in [1.82, 2.24) is 0 Å². The number of hydrogen-bond acceptors (Lipinski definition) is 7. The van der Waals surface area contributed by atoms with Crippen LogP contribution in [-0.2, 0) is 4.79 Å². The number of rotatable bonds is 4. The molecule has 7 nitrogen and oxygen atoms in total. The average Bonchev–Trinajstić information content (AvgIpc) is 2.60. The second kappa shape index (κ2) is 8.09. The van der Waals surface area contributed by atoms with Gasteiger partial charge in [0.1, 0.15) is 0 Å². The Labute approximate surface area is 137 Å². The van der Waals surface area contributed by atoms with Crippen molar-refractivity contribution in [3.63, 3.8) is 0 Å². The van der Waals surface area contributed by atoms with Gasteiger partial charge in [-0.25, -0.2) is 0 Å². The maximum Gasteiger partial charge on any atom is 0.192 e. The molecule has 23 heavy (non-hydrogen) atoms. The second-order valence-corrected chi connectivity index (χ2v) is 4.91. The van der Waals surface area contributed by atoms with Gasteiger partial charge in [0.25, 0.3) is 0 Å². The molecule has 0 spiro atoms. The van der Waals surface area contributed by atoms with Gasteiger partial charge in [0.15, 0.2) is 17.3 Å². The van der Waals surface area contributed by atoms with Crippen LogP contribution in [0, 0.1) is 0 Å². The predicted octanol–water partition coefficient (Wildman–Crippen LogP) is -0.269. The average molecular weight is 341 g/mol. The molecule has 8 heteroatoms. The number of allylic oxidation sites excluding steroid dienone is 1. The molecule has 0 aliphatic heterocycles. The molecule has 124 valence electrons. The van der Waals surface area contributed by atoms with E-state index in [0.717, 1.165) is 0 Å². The number of aliphatic hydroxyl groups excluding tert-OH is 1. The van der Waals surface area contributed by atoms with E-state index in [9.17, 15) is 14.4 Å². The number of fused-ring (bicyclic) bond motifs is 1. The normalized spacial score (nSPS) is 16.3. The zero-order chi connectivity index (χ0) is 17.7. The zero-order valence-corrected chi connectivity index (χ0v) is 13.1. The van der Waals surface area contributed by atoms with Crippen LogP contribution in [0.4, 0.5) is 0 Å². The topological polar surface area (TPSA) is 144 Å². The number of carbonyl (C=O) groups is 3. The van der Waals surface area contributed by atoms with E-state index in [4.69, 9.17) is 21.2 Å². The lowest BCUT2D eigenvalue weighted by molar-refractivity contribution is -0.121. The van der Waals surface area contributed by atoms with Crippen molar-refractivity contribution in [3.05, 3.63) is 46.5 Å². The summed E-state index contributed by atoms with van der Waals surface area (Å²) in [4.78, 5) is 36.7. The Kier molecular flexibility index (Phi) is 6.74. The van der Waals surface area contributed by atoms with Crippen LogP contribution in [0.3, 0.4) is 0 Å². The molecule has 0 saturated carbocycles. The minimum Gasteiger partial charge on any atom is -0.394 e. The molecule has 1 unspecified atom stereocenters. The summed E-state index contributed by atoms with van der Waals surface area (Å²) in [6, 6.07) is 3.87. The summed E-state index contributed by atoms with van der Waals surface area (Å²) in [5.74, 6) is -1.46. The van der Waals surface area contributed by atoms with Crippen molar-refractivity contribution in [2.75, 3.05) is 6.61 Å². The number of ketones is 3. The van der Waals surface area contributed by atoms with Gasteiger partial charge in [-0.3, -0.25) is 19.0 Å². The lowest BCUT2D eigenvalue weighted by atomic mass is 9.80. The van der Waals surface area contributed by atoms with Crippen LogP contribution in [0.2, 0.25) is 0 Å². The van der Waals surface area contributed by atoms with Gasteiger partial charge in [0.05, 0.1) is 30.6 Å². The van der Waals surface area contributed by atoms with Crippen molar-refractivity contribution in [2.45, 2.75) is 19.0 Å². The molecule has 6 N–H and O–H groups in total. The maximum absolute atomic E-state index is 12.5. The second-order valence-electron chi connectivity index (χ2n) is 4.91. The Morgan fingerprint density at radius 2 is 1.61 bits per heavy atom. The van der Waals surface area contributed by atoms with Gasteiger partial charge in [-0.2, -0.15) is 0 Å². The fraction of sp³-hybridized carbons (Fsp3) is 0.267. The first kappa shape index (κ1) is 19.1. The van der Waals surface area contributed by atoms with Crippen LogP contribution in [-0.4, -0.2) is 45.8 Å². The number of benzene rings is 1. The molecule has 2 rings (SSSR count). The van der Waals surface area contributed by atoms with Crippen LogP contribution < -0.4 is 11.5 Å². The number of halogens is 1. The first-order valence-electron chi connectivity index (χ1n) is 6.62. The Morgan fingerprint density at radius 3 is 2.09 bits per heavy atom. The van der Waals surface area contributed by atoms with Crippen LogP contribution >= 0.6 is 11.9 Å². The number of nitrogens with two attached hydrogens (primary N) is 2. The third-order valence-corrected chi connectivity index (χ3v) is 3.59. The van der Waals surface area contributed by atoms with Gasteiger partial charge in [-0.15, -0.1) is 0 Å². The molecule has 1 aliphatic rings. The van der Waals surface area contributed by atoms with E-state index in [0.29, 0.717) is 5.56 Å². The molecule has 0 radical (unpaired) electrons. The minimum absolute atomic E-state index is 0.0485. The highest BCUT2D eigenvalue weighted by molar-refractivity contribution is 6.28. The fourth-order valence-corrected chi connectivity index (χ4v) is 2.36. The third kappa shape index (κ3) is 3.54. The summed E-state index contributed by atoms with van der Waals surface area (Å²) in [7, 11) is 0. The van der Waals surface area contributed by atoms with E-state index in [2.05, 4.69) is 11.9 Å². The number of Topliss-reactive ketones (excluding diaryl/α,β-unsaturated/α-hetero) is 3. The zero-order valence-electron chi connectivity index (χ0n) is 12.3. The Balaban J connectivity index is 0.00000127. The largest absolute Gasteiger partial charge is 0.394 e. The van der Waals surface area contributed by atoms with Crippen molar-refractivity contribution in [1.29, 1.82) is 0 Å². The van der Waals surface area contributed by atoms with E-state index < -0.39 is 30.3 Å². The molecule has 0 aromatic heterocycles. The van der Waals surface area contributed by atoms with E-state index >= 15 is 0 Å².